The lowest BCUT2D eigenvalue weighted by Gasteiger charge is -2.36. The van der Waals surface area contributed by atoms with Gasteiger partial charge in [-0.1, -0.05) is 97.1 Å². The van der Waals surface area contributed by atoms with E-state index in [9.17, 15) is 0 Å². The van der Waals surface area contributed by atoms with Crippen molar-refractivity contribution in [2.75, 3.05) is 23.6 Å². The molecule has 0 spiro atoms. The minimum absolute atomic E-state index is 0.0803. The molecular weight excluding hydrogens is 516 g/mol. The van der Waals surface area contributed by atoms with Gasteiger partial charge in [0.25, 0.3) is 0 Å². The zero-order valence-corrected chi connectivity index (χ0v) is 23.6. The fourth-order valence-electron chi connectivity index (χ4n) is 6.01. The van der Waals surface area contributed by atoms with Crippen LogP contribution < -0.4 is 14.5 Å². The molecule has 206 valence electrons. The summed E-state index contributed by atoms with van der Waals surface area (Å²) in [6.07, 6.45) is 0. The summed E-state index contributed by atoms with van der Waals surface area (Å²) in [7, 11) is 1.70. The summed E-state index contributed by atoms with van der Waals surface area (Å²) in [5.41, 5.74) is 8.03. The molecule has 7 rings (SSSR count). The minimum atomic E-state index is -0.0803. The number of nitrogens with zero attached hydrogens (tertiary/aromatic N) is 2. The average molecular weight is 549 g/mol. The van der Waals surface area contributed by atoms with Crippen LogP contribution in [0.5, 0.6) is 5.75 Å². The van der Waals surface area contributed by atoms with Crippen molar-refractivity contribution >= 4 is 11.4 Å². The summed E-state index contributed by atoms with van der Waals surface area (Å²) in [5, 5.41) is 0. The summed E-state index contributed by atoms with van der Waals surface area (Å²) in [4.78, 5) is 4.96. The Labute approximate surface area is 247 Å². The number of methoxy groups -OCH3 is 1. The quantitative estimate of drug-likeness (QED) is 0.207. The maximum Gasteiger partial charge on any atom is 0.140 e. The van der Waals surface area contributed by atoms with Crippen LogP contribution in [0.1, 0.15) is 22.7 Å². The molecular formula is C38H32N2O2. The van der Waals surface area contributed by atoms with Gasteiger partial charge in [-0.3, -0.25) is 0 Å². The molecule has 0 N–H and O–H groups in total. The lowest BCUT2D eigenvalue weighted by molar-refractivity contribution is 0.415. The van der Waals surface area contributed by atoms with Crippen LogP contribution in [0.3, 0.4) is 0 Å². The molecule has 5 aromatic carbocycles. The number of hydrogen-bond acceptors (Lipinski definition) is 4. The Balaban J connectivity index is 1.54. The molecule has 42 heavy (non-hydrogen) atoms. The van der Waals surface area contributed by atoms with Gasteiger partial charge in [-0.15, -0.1) is 0 Å². The maximum absolute atomic E-state index is 6.99. The van der Waals surface area contributed by atoms with Gasteiger partial charge in [0.15, 0.2) is 0 Å². The third kappa shape index (κ3) is 4.82. The number of furan rings is 1. The van der Waals surface area contributed by atoms with E-state index in [0.717, 1.165) is 34.1 Å². The Morgan fingerprint density at radius 1 is 0.595 bits per heavy atom. The third-order valence-corrected chi connectivity index (χ3v) is 8.02. The highest BCUT2D eigenvalue weighted by Crippen LogP contribution is 2.48. The van der Waals surface area contributed by atoms with Gasteiger partial charge in [0, 0.05) is 40.2 Å². The van der Waals surface area contributed by atoms with Crippen LogP contribution in [0.4, 0.5) is 11.4 Å². The second-order valence-corrected chi connectivity index (χ2v) is 10.5. The van der Waals surface area contributed by atoms with Crippen molar-refractivity contribution < 1.29 is 9.15 Å². The lowest BCUT2D eigenvalue weighted by atomic mass is 9.90. The number of fused-ring (bicyclic) bond motifs is 1. The van der Waals surface area contributed by atoms with Crippen LogP contribution in [-0.4, -0.2) is 13.8 Å². The van der Waals surface area contributed by atoms with Crippen molar-refractivity contribution in [2.24, 2.45) is 0 Å². The van der Waals surface area contributed by atoms with Gasteiger partial charge in [0.05, 0.1) is 19.8 Å². The molecule has 1 aliphatic heterocycles. The third-order valence-electron chi connectivity index (χ3n) is 8.02. The van der Waals surface area contributed by atoms with Gasteiger partial charge in [-0.2, -0.15) is 0 Å². The van der Waals surface area contributed by atoms with E-state index in [2.05, 4.69) is 143 Å². The molecule has 4 nitrogen and oxygen atoms in total. The van der Waals surface area contributed by atoms with Gasteiger partial charge in [0.2, 0.25) is 0 Å². The number of rotatable bonds is 6. The molecule has 1 aromatic heterocycles. The van der Waals surface area contributed by atoms with Crippen LogP contribution >= 0.6 is 0 Å². The van der Waals surface area contributed by atoms with Crippen LogP contribution in [0, 0.1) is 0 Å². The monoisotopic (exact) mass is 548 g/mol. The molecule has 4 heteroatoms. The normalized spacial score (nSPS) is 14.7. The molecule has 0 fully saturated rings. The highest BCUT2D eigenvalue weighted by molar-refractivity contribution is 5.77. The van der Waals surface area contributed by atoms with Crippen LogP contribution in [0.2, 0.25) is 0 Å². The zero-order valence-electron chi connectivity index (χ0n) is 23.6. The van der Waals surface area contributed by atoms with Gasteiger partial charge < -0.3 is 19.0 Å². The van der Waals surface area contributed by atoms with E-state index in [1.165, 1.54) is 22.4 Å². The van der Waals surface area contributed by atoms with E-state index in [1.54, 1.807) is 7.11 Å². The number of benzene rings is 5. The minimum Gasteiger partial charge on any atom is -0.497 e. The first-order valence-electron chi connectivity index (χ1n) is 14.3. The summed E-state index contributed by atoms with van der Waals surface area (Å²) in [6.45, 7) is 1.41. The Hall–Kier alpha value is -5.22. The van der Waals surface area contributed by atoms with Gasteiger partial charge in [-0.05, 0) is 54.1 Å². The largest absolute Gasteiger partial charge is 0.497 e. The van der Waals surface area contributed by atoms with Crippen molar-refractivity contribution in [1.82, 2.24) is 0 Å². The predicted octanol–water partition coefficient (Wildman–Crippen LogP) is 9.20. The Morgan fingerprint density at radius 2 is 1.14 bits per heavy atom. The lowest BCUT2D eigenvalue weighted by Crippen LogP contribution is -2.38. The molecule has 1 unspecified atom stereocenters. The van der Waals surface area contributed by atoms with E-state index in [-0.39, 0.29) is 6.04 Å². The van der Waals surface area contributed by atoms with E-state index in [0.29, 0.717) is 13.2 Å². The predicted molar refractivity (Wildman–Crippen MR) is 171 cm³/mol. The molecule has 1 aliphatic rings. The van der Waals surface area contributed by atoms with Crippen molar-refractivity contribution in [3.8, 4) is 28.4 Å². The van der Waals surface area contributed by atoms with Crippen molar-refractivity contribution in [1.29, 1.82) is 0 Å². The first kappa shape index (κ1) is 25.7. The van der Waals surface area contributed by atoms with E-state index < -0.39 is 0 Å². The molecule has 0 aliphatic carbocycles. The number of hydrogen-bond donors (Lipinski definition) is 0. The first-order valence-corrected chi connectivity index (χ1v) is 14.3. The smallest absolute Gasteiger partial charge is 0.140 e. The molecule has 0 saturated carbocycles. The summed E-state index contributed by atoms with van der Waals surface area (Å²) >= 11 is 0. The molecule has 1 atom stereocenters. The van der Waals surface area contributed by atoms with E-state index >= 15 is 0 Å². The average Bonchev–Trinajstić information content (AvgIpc) is 3.34. The molecule has 0 radical (unpaired) electrons. The second kappa shape index (κ2) is 11.3. The van der Waals surface area contributed by atoms with Crippen LogP contribution in [0.15, 0.2) is 150 Å². The highest BCUT2D eigenvalue weighted by Gasteiger charge is 2.37. The SMILES string of the molecule is COc1ccc(-c2oc(-c3ccccc3)c3c2CN(c2ccccc2)CN(c2ccccc2)C3c2ccccc2)cc1. The first-order chi connectivity index (χ1) is 20.8. The van der Waals surface area contributed by atoms with Crippen molar-refractivity contribution in [2.45, 2.75) is 12.6 Å². The van der Waals surface area contributed by atoms with Crippen molar-refractivity contribution in [3.63, 3.8) is 0 Å². The molecule has 0 saturated heterocycles. The number of ether oxygens (including phenoxy) is 1. The van der Waals surface area contributed by atoms with Crippen LogP contribution in [-0.2, 0) is 6.54 Å². The molecule has 0 amide bonds. The van der Waals surface area contributed by atoms with Crippen LogP contribution in [0.25, 0.3) is 22.6 Å². The summed E-state index contributed by atoms with van der Waals surface area (Å²) in [6, 6.07) is 50.8. The standard InChI is InChI=1S/C38H32N2O2/c1-41-33-24-22-30(23-25-33)37-34-26-39(31-18-10-4-11-19-31)27-40(32-20-12-5-13-21-32)36(28-14-6-2-7-15-28)35(34)38(42-37)29-16-8-3-9-17-29/h2-25,36H,26-27H2,1H3. The van der Waals surface area contributed by atoms with Crippen molar-refractivity contribution in [3.05, 3.63) is 162 Å². The van der Waals surface area contributed by atoms with E-state index in [4.69, 9.17) is 9.15 Å². The fourth-order valence-corrected chi connectivity index (χ4v) is 6.01. The number of para-hydroxylation sites is 2. The van der Waals surface area contributed by atoms with Gasteiger partial charge in [0.1, 0.15) is 17.3 Å². The Kier molecular flexibility index (Phi) is 6.95. The molecule has 6 aromatic rings. The van der Waals surface area contributed by atoms with Gasteiger partial charge in [-0.25, -0.2) is 0 Å². The highest BCUT2D eigenvalue weighted by atomic mass is 16.5. The Morgan fingerprint density at radius 3 is 1.76 bits per heavy atom. The number of anilines is 2. The van der Waals surface area contributed by atoms with Gasteiger partial charge >= 0.3 is 0 Å². The zero-order chi connectivity index (χ0) is 28.3. The Bertz CT molecular complexity index is 1750. The maximum atomic E-state index is 6.99. The fraction of sp³-hybridized carbons (Fsp3) is 0.105. The second-order valence-electron chi connectivity index (χ2n) is 10.5. The topological polar surface area (TPSA) is 28.9 Å². The summed E-state index contributed by atoms with van der Waals surface area (Å²) in [5.74, 6) is 2.62. The van der Waals surface area contributed by atoms with E-state index in [1.807, 2.05) is 12.1 Å². The molecule has 0 bridgehead atoms. The molecule has 2 heterocycles. The summed E-state index contributed by atoms with van der Waals surface area (Å²) < 4.78 is 12.5.